The molecule has 1 heterocycles. The van der Waals surface area contributed by atoms with Crippen LogP contribution >= 0.6 is 27.5 Å². The Morgan fingerprint density at radius 1 is 1.24 bits per heavy atom. The Morgan fingerprint density at radius 3 is 2.57 bits per heavy atom. The second-order valence-corrected chi connectivity index (χ2v) is 5.26. The van der Waals surface area contributed by atoms with Gasteiger partial charge in [-0.05, 0) is 41.9 Å². The van der Waals surface area contributed by atoms with Gasteiger partial charge in [-0.2, -0.15) is 13.2 Å². The smallest absolute Gasteiger partial charge is 0.417 e. The topological polar surface area (TPSA) is 30.2 Å². The average Bonchev–Trinajstić information content (AvgIpc) is 2.84. The van der Waals surface area contributed by atoms with Crippen LogP contribution in [0.15, 0.2) is 45.3 Å². The monoisotopic (exact) mass is 378 g/mol. The normalized spacial score (nSPS) is 12.0. The van der Waals surface area contributed by atoms with Crippen LogP contribution < -0.4 is 0 Å². The molecule has 0 saturated carbocycles. The fourth-order valence-corrected chi connectivity index (χ4v) is 2.18. The van der Waals surface area contributed by atoms with Crippen molar-refractivity contribution in [3.05, 3.63) is 52.2 Å². The zero-order chi connectivity index (χ0) is 15.6. The summed E-state index contributed by atoms with van der Waals surface area (Å²) in [6.45, 7) is 0. The van der Waals surface area contributed by atoms with Crippen LogP contribution in [0.3, 0.4) is 0 Å². The van der Waals surface area contributed by atoms with Crippen LogP contribution in [0.2, 0.25) is 0 Å². The maximum atomic E-state index is 12.8. The second-order valence-electron chi connectivity index (χ2n) is 4.03. The molecule has 0 unspecified atom stereocenters. The molecule has 0 bridgehead atoms. The van der Waals surface area contributed by atoms with Crippen LogP contribution in [0.25, 0.3) is 17.4 Å². The lowest BCUT2D eigenvalue weighted by molar-refractivity contribution is -0.138. The molecular formula is C14H7BrClF3O2. The van der Waals surface area contributed by atoms with Crippen LogP contribution in [0.1, 0.15) is 11.3 Å². The fraction of sp³-hybridized carbons (Fsp3) is 0.0714. The number of allylic oxidation sites excluding steroid dienone is 1. The van der Waals surface area contributed by atoms with Gasteiger partial charge in [-0.15, -0.1) is 0 Å². The van der Waals surface area contributed by atoms with Gasteiger partial charge in [0, 0.05) is 16.1 Å². The molecule has 0 aliphatic heterocycles. The summed E-state index contributed by atoms with van der Waals surface area (Å²) < 4.78 is 43.8. The number of furan rings is 1. The van der Waals surface area contributed by atoms with Crippen molar-refractivity contribution < 1.29 is 22.4 Å². The molecule has 2 rings (SSSR count). The van der Waals surface area contributed by atoms with Gasteiger partial charge >= 0.3 is 6.18 Å². The van der Waals surface area contributed by atoms with Gasteiger partial charge in [0.05, 0.1) is 5.56 Å². The molecule has 0 N–H and O–H groups in total. The van der Waals surface area contributed by atoms with Crippen molar-refractivity contribution in [1.82, 2.24) is 0 Å². The number of carbonyl (C=O) groups excluding carboxylic acids is 1. The number of hydrogen-bond acceptors (Lipinski definition) is 2. The summed E-state index contributed by atoms with van der Waals surface area (Å²) >= 11 is 8.01. The minimum Gasteiger partial charge on any atom is -0.457 e. The van der Waals surface area contributed by atoms with Crippen LogP contribution in [0.4, 0.5) is 13.2 Å². The highest BCUT2D eigenvalue weighted by molar-refractivity contribution is 9.10. The van der Waals surface area contributed by atoms with E-state index in [1.165, 1.54) is 30.3 Å². The molecule has 0 spiro atoms. The van der Waals surface area contributed by atoms with Gasteiger partial charge in [-0.3, -0.25) is 4.79 Å². The summed E-state index contributed by atoms with van der Waals surface area (Å²) in [6.07, 6.45) is -2.04. The van der Waals surface area contributed by atoms with E-state index in [4.69, 9.17) is 16.0 Å². The third-order valence-corrected chi connectivity index (χ3v) is 3.38. The van der Waals surface area contributed by atoms with Crippen molar-refractivity contribution >= 4 is 38.8 Å². The lowest BCUT2D eigenvalue weighted by Crippen LogP contribution is -2.05. The van der Waals surface area contributed by atoms with E-state index in [0.717, 1.165) is 12.1 Å². The van der Waals surface area contributed by atoms with E-state index in [-0.39, 0.29) is 15.8 Å². The SMILES string of the molecule is O=C(Cl)/C=C/c1ccc(-c2ccc(Br)c(C(F)(F)F)c2)o1. The van der Waals surface area contributed by atoms with Gasteiger partial charge < -0.3 is 4.42 Å². The van der Waals surface area contributed by atoms with Gasteiger partial charge in [0.2, 0.25) is 5.24 Å². The van der Waals surface area contributed by atoms with Crippen molar-refractivity contribution in [3.8, 4) is 11.3 Å². The Balaban J connectivity index is 2.37. The van der Waals surface area contributed by atoms with Crippen molar-refractivity contribution in [2.75, 3.05) is 0 Å². The molecule has 0 saturated heterocycles. The van der Waals surface area contributed by atoms with Gasteiger partial charge in [-0.25, -0.2) is 0 Å². The molecule has 110 valence electrons. The van der Waals surface area contributed by atoms with Crippen LogP contribution in [-0.4, -0.2) is 5.24 Å². The summed E-state index contributed by atoms with van der Waals surface area (Å²) in [5.74, 6) is 0.574. The Kier molecular flexibility index (Phi) is 4.58. The van der Waals surface area contributed by atoms with E-state index in [9.17, 15) is 18.0 Å². The van der Waals surface area contributed by atoms with Crippen molar-refractivity contribution in [2.45, 2.75) is 6.18 Å². The van der Waals surface area contributed by atoms with Gasteiger partial charge in [0.1, 0.15) is 11.5 Å². The highest BCUT2D eigenvalue weighted by Gasteiger charge is 2.33. The number of halogens is 5. The third kappa shape index (κ3) is 3.98. The molecule has 1 aromatic heterocycles. The molecule has 21 heavy (non-hydrogen) atoms. The average molecular weight is 380 g/mol. The first-order valence-electron chi connectivity index (χ1n) is 5.62. The zero-order valence-corrected chi connectivity index (χ0v) is 12.6. The second kappa shape index (κ2) is 6.07. The minimum atomic E-state index is -4.46. The summed E-state index contributed by atoms with van der Waals surface area (Å²) in [6, 6.07) is 6.84. The number of carbonyl (C=O) groups is 1. The van der Waals surface area contributed by atoms with E-state index >= 15 is 0 Å². The van der Waals surface area contributed by atoms with Gasteiger partial charge in [0.25, 0.3) is 0 Å². The molecule has 2 nitrogen and oxygen atoms in total. The van der Waals surface area contributed by atoms with Crippen LogP contribution in [0.5, 0.6) is 0 Å². The molecular weight excluding hydrogens is 373 g/mol. The number of alkyl halides is 3. The van der Waals surface area contributed by atoms with E-state index in [1.807, 2.05) is 0 Å². The number of hydrogen-bond donors (Lipinski definition) is 0. The first-order chi connectivity index (χ1) is 9.77. The first kappa shape index (κ1) is 15.9. The Morgan fingerprint density at radius 2 is 1.95 bits per heavy atom. The summed E-state index contributed by atoms with van der Waals surface area (Å²) in [5.41, 5.74) is -0.508. The molecule has 7 heteroatoms. The maximum absolute atomic E-state index is 12.8. The standard InChI is InChI=1S/C14H7BrClF3O2/c15-11-4-1-8(7-10(11)14(17,18)19)12-5-2-9(21-12)3-6-13(16)20/h1-7H/b6-3+. The molecule has 0 fully saturated rings. The minimum absolute atomic E-state index is 0.0434. The lowest BCUT2D eigenvalue weighted by Gasteiger charge is -2.10. The van der Waals surface area contributed by atoms with E-state index in [2.05, 4.69) is 15.9 Å². The predicted molar refractivity (Wildman–Crippen MR) is 76.7 cm³/mol. The quantitative estimate of drug-likeness (QED) is 0.520. The lowest BCUT2D eigenvalue weighted by atomic mass is 10.1. The largest absolute Gasteiger partial charge is 0.457 e. The van der Waals surface area contributed by atoms with E-state index < -0.39 is 17.0 Å². The maximum Gasteiger partial charge on any atom is 0.417 e. The van der Waals surface area contributed by atoms with Gasteiger partial charge in [-0.1, -0.05) is 22.0 Å². The Hall–Kier alpha value is -1.53. The molecule has 0 aliphatic rings. The van der Waals surface area contributed by atoms with E-state index in [0.29, 0.717) is 5.76 Å². The van der Waals surface area contributed by atoms with Crippen molar-refractivity contribution in [2.24, 2.45) is 0 Å². The van der Waals surface area contributed by atoms with Crippen LogP contribution in [-0.2, 0) is 11.0 Å². The first-order valence-corrected chi connectivity index (χ1v) is 6.79. The predicted octanol–water partition coefficient (Wildman–Crippen LogP) is 5.51. The summed E-state index contributed by atoms with van der Waals surface area (Å²) in [4.78, 5) is 10.6. The Bertz CT molecular complexity index is 704. The fourth-order valence-electron chi connectivity index (χ4n) is 1.64. The molecule has 1 aromatic carbocycles. The molecule has 0 radical (unpaired) electrons. The van der Waals surface area contributed by atoms with Crippen LogP contribution in [0, 0.1) is 0 Å². The summed E-state index contributed by atoms with van der Waals surface area (Å²) in [7, 11) is 0. The molecule has 0 amide bonds. The van der Waals surface area contributed by atoms with Gasteiger partial charge in [0.15, 0.2) is 0 Å². The molecule has 0 atom stereocenters. The third-order valence-electron chi connectivity index (χ3n) is 2.56. The van der Waals surface area contributed by atoms with E-state index in [1.54, 1.807) is 0 Å². The van der Waals surface area contributed by atoms with Crippen molar-refractivity contribution in [1.29, 1.82) is 0 Å². The molecule has 0 aliphatic carbocycles. The highest BCUT2D eigenvalue weighted by atomic mass is 79.9. The summed E-state index contributed by atoms with van der Waals surface area (Å²) in [5, 5.41) is -0.670. The number of benzene rings is 1. The molecule has 2 aromatic rings. The highest BCUT2D eigenvalue weighted by Crippen LogP contribution is 2.37. The zero-order valence-electron chi connectivity index (χ0n) is 10.2. The Labute approximate surface area is 131 Å². The van der Waals surface area contributed by atoms with Crippen molar-refractivity contribution in [3.63, 3.8) is 0 Å². The number of rotatable bonds is 3.